The van der Waals surface area contributed by atoms with Crippen LogP contribution in [0.3, 0.4) is 0 Å². The van der Waals surface area contributed by atoms with Crippen molar-refractivity contribution in [2.75, 3.05) is 13.7 Å². The van der Waals surface area contributed by atoms with E-state index in [4.69, 9.17) is 4.74 Å². The van der Waals surface area contributed by atoms with Crippen LogP contribution in [0.25, 0.3) is 0 Å². The van der Waals surface area contributed by atoms with Crippen molar-refractivity contribution < 1.29 is 9.53 Å². The highest BCUT2D eigenvalue weighted by atomic mass is 16.5. The summed E-state index contributed by atoms with van der Waals surface area (Å²) in [6.07, 6.45) is 0. The molecule has 2 rings (SSSR count). The number of esters is 1. The first-order valence-electron chi connectivity index (χ1n) is 5.65. The van der Waals surface area contributed by atoms with E-state index in [2.05, 4.69) is 33.0 Å². The largest absolute Gasteiger partial charge is 0.468 e. The molecule has 0 spiro atoms. The normalized spacial score (nSPS) is 40.5. The number of fused-ring (bicyclic) bond motifs is 1. The summed E-state index contributed by atoms with van der Waals surface area (Å²) in [7, 11) is 1.47. The zero-order valence-corrected chi connectivity index (χ0v) is 10.3. The second-order valence-corrected chi connectivity index (χ2v) is 5.98. The van der Waals surface area contributed by atoms with E-state index in [1.807, 2.05) is 0 Å². The molecule has 0 amide bonds. The quantitative estimate of drug-likeness (QED) is 0.667. The van der Waals surface area contributed by atoms with Crippen molar-refractivity contribution in [2.24, 2.45) is 22.7 Å². The molecule has 1 saturated carbocycles. The number of carbonyl (C=O) groups excluding carboxylic acids is 1. The van der Waals surface area contributed by atoms with Gasteiger partial charge < -0.3 is 10.1 Å². The summed E-state index contributed by atoms with van der Waals surface area (Å²) in [5, 5.41) is 3.31. The van der Waals surface area contributed by atoms with Crippen LogP contribution in [0.4, 0.5) is 0 Å². The Kier molecular flexibility index (Phi) is 2.16. The van der Waals surface area contributed by atoms with Crippen LogP contribution in [0.15, 0.2) is 0 Å². The maximum absolute atomic E-state index is 11.6. The molecule has 1 aliphatic heterocycles. The molecule has 0 aromatic rings. The van der Waals surface area contributed by atoms with E-state index < -0.39 is 0 Å². The highest BCUT2D eigenvalue weighted by molar-refractivity contribution is 5.77. The van der Waals surface area contributed by atoms with Gasteiger partial charge in [0.15, 0.2) is 0 Å². The lowest BCUT2D eigenvalue weighted by atomic mass is 9.40. The summed E-state index contributed by atoms with van der Waals surface area (Å²) in [5.41, 5.74) is 0.521. The fourth-order valence-electron chi connectivity index (χ4n) is 3.53. The van der Waals surface area contributed by atoms with Crippen molar-refractivity contribution in [1.82, 2.24) is 5.32 Å². The standard InChI is InChI=1S/C12H21NO2/c1-11(2)7-6-13-9(10(14)15-5)8(7)12(11,3)4/h7-9,13H,6H2,1-5H3/t7-,8-,9-/m0/s1. The predicted octanol–water partition coefficient (Wildman–Crippen LogP) is 1.43. The van der Waals surface area contributed by atoms with Gasteiger partial charge in [-0.15, -0.1) is 0 Å². The van der Waals surface area contributed by atoms with Crippen LogP contribution in [-0.4, -0.2) is 25.7 Å². The average Bonchev–Trinajstić information content (AvgIpc) is 2.59. The first-order chi connectivity index (χ1) is 6.84. The predicted molar refractivity (Wildman–Crippen MR) is 58.3 cm³/mol. The number of carbonyl (C=O) groups is 1. The van der Waals surface area contributed by atoms with E-state index in [1.54, 1.807) is 0 Å². The molecule has 0 aromatic heterocycles. The van der Waals surface area contributed by atoms with Gasteiger partial charge in [0.05, 0.1) is 7.11 Å². The van der Waals surface area contributed by atoms with Crippen molar-refractivity contribution >= 4 is 5.97 Å². The Morgan fingerprint density at radius 3 is 2.40 bits per heavy atom. The zero-order valence-electron chi connectivity index (χ0n) is 10.3. The molecule has 0 aromatic carbocycles. The van der Waals surface area contributed by atoms with Crippen LogP contribution in [0, 0.1) is 22.7 Å². The lowest BCUT2D eigenvalue weighted by Gasteiger charge is -2.63. The molecular formula is C12H21NO2. The Hall–Kier alpha value is -0.570. The fraction of sp³-hybridized carbons (Fsp3) is 0.917. The van der Waals surface area contributed by atoms with Crippen LogP contribution >= 0.6 is 0 Å². The number of hydrogen-bond donors (Lipinski definition) is 1. The Balaban J connectivity index is 2.23. The topological polar surface area (TPSA) is 38.3 Å². The number of methoxy groups -OCH3 is 1. The summed E-state index contributed by atoms with van der Waals surface area (Å²) >= 11 is 0. The van der Waals surface area contributed by atoms with Gasteiger partial charge >= 0.3 is 5.97 Å². The molecule has 1 saturated heterocycles. The average molecular weight is 211 g/mol. The van der Waals surface area contributed by atoms with Gasteiger partial charge in [0, 0.05) is 0 Å². The van der Waals surface area contributed by atoms with Gasteiger partial charge in [0.2, 0.25) is 0 Å². The summed E-state index contributed by atoms with van der Waals surface area (Å²) in [4.78, 5) is 11.6. The van der Waals surface area contributed by atoms with Gasteiger partial charge in [-0.3, -0.25) is 4.79 Å². The van der Waals surface area contributed by atoms with E-state index in [0.29, 0.717) is 17.3 Å². The van der Waals surface area contributed by atoms with Crippen LogP contribution in [0.2, 0.25) is 0 Å². The van der Waals surface area contributed by atoms with Crippen LogP contribution in [-0.2, 0) is 9.53 Å². The number of hydrogen-bond acceptors (Lipinski definition) is 3. The van der Waals surface area contributed by atoms with Gasteiger partial charge in [0.25, 0.3) is 0 Å². The maximum atomic E-state index is 11.6. The van der Waals surface area contributed by atoms with E-state index in [9.17, 15) is 4.79 Å². The summed E-state index contributed by atoms with van der Waals surface area (Å²) in [6.45, 7) is 10.1. The third-order valence-electron chi connectivity index (χ3n) is 5.23. The van der Waals surface area contributed by atoms with Crippen molar-refractivity contribution in [3.8, 4) is 0 Å². The summed E-state index contributed by atoms with van der Waals surface area (Å²) < 4.78 is 4.85. The molecule has 86 valence electrons. The third-order valence-corrected chi connectivity index (χ3v) is 5.23. The smallest absolute Gasteiger partial charge is 0.323 e. The second kappa shape index (κ2) is 2.97. The first-order valence-corrected chi connectivity index (χ1v) is 5.65. The molecule has 0 radical (unpaired) electrons. The number of nitrogens with one attached hydrogen (secondary N) is 1. The van der Waals surface area contributed by atoms with E-state index >= 15 is 0 Å². The SMILES string of the molecule is COC(=O)[C@H]1NC[C@H]2[C@@H]1C(C)(C)C2(C)C. The molecule has 3 atom stereocenters. The van der Waals surface area contributed by atoms with Gasteiger partial charge in [-0.1, -0.05) is 27.7 Å². The van der Waals surface area contributed by atoms with Gasteiger partial charge in [-0.2, -0.15) is 0 Å². The Bertz CT molecular complexity index is 296. The van der Waals surface area contributed by atoms with Crippen LogP contribution in [0.5, 0.6) is 0 Å². The van der Waals surface area contributed by atoms with E-state index in [1.165, 1.54) is 7.11 Å². The molecule has 15 heavy (non-hydrogen) atoms. The molecule has 3 nitrogen and oxygen atoms in total. The van der Waals surface area contributed by atoms with Crippen molar-refractivity contribution in [3.63, 3.8) is 0 Å². The lowest BCUT2D eigenvalue weighted by Crippen LogP contribution is -2.62. The number of ether oxygens (including phenoxy) is 1. The van der Waals surface area contributed by atoms with Gasteiger partial charge in [-0.25, -0.2) is 0 Å². The molecule has 1 N–H and O–H groups in total. The molecule has 2 fully saturated rings. The van der Waals surface area contributed by atoms with Gasteiger partial charge in [-0.05, 0) is 29.2 Å². The zero-order chi connectivity index (χ0) is 11.4. The minimum absolute atomic E-state index is 0.0944. The van der Waals surface area contributed by atoms with Crippen molar-refractivity contribution in [2.45, 2.75) is 33.7 Å². The van der Waals surface area contributed by atoms with E-state index in [-0.39, 0.29) is 17.4 Å². The maximum Gasteiger partial charge on any atom is 0.323 e. The minimum atomic E-state index is -0.105. The molecule has 1 heterocycles. The second-order valence-electron chi connectivity index (χ2n) is 5.98. The Labute approximate surface area is 91.6 Å². The first kappa shape index (κ1) is 10.9. The van der Waals surface area contributed by atoms with Crippen molar-refractivity contribution in [3.05, 3.63) is 0 Å². The van der Waals surface area contributed by atoms with Crippen LogP contribution < -0.4 is 5.32 Å². The highest BCUT2D eigenvalue weighted by Crippen LogP contribution is 2.66. The van der Waals surface area contributed by atoms with Crippen molar-refractivity contribution in [1.29, 1.82) is 0 Å². The van der Waals surface area contributed by atoms with E-state index in [0.717, 1.165) is 6.54 Å². The molecule has 0 unspecified atom stereocenters. The third kappa shape index (κ3) is 1.13. The van der Waals surface area contributed by atoms with Crippen LogP contribution in [0.1, 0.15) is 27.7 Å². The lowest BCUT2D eigenvalue weighted by molar-refractivity contribution is -0.169. The Morgan fingerprint density at radius 2 is 1.87 bits per heavy atom. The molecule has 1 aliphatic carbocycles. The molecule has 0 bridgehead atoms. The Morgan fingerprint density at radius 1 is 1.27 bits per heavy atom. The number of rotatable bonds is 1. The molecule has 3 heteroatoms. The van der Waals surface area contributed by atoms with Gasteiger partial charge in [0.1, 0.15) is 6.04 Å². The summed E-state index contributed by atoms with van der Waals surface area (Å²) in [5.74, 6) is 0.933. The molecular weight excluding hydrogens is 190 g/mol. The summed E-state index contributed by atoms with van der Waals surface area (Å²) in [6, 6.07) is -0.0944. The monoisotopic (exact) mass is 211 g/mol. The highest BCUT2D eigenvalue weighted by Gasteiger charge is 2.67. The molecule has 2 aliphatic rings. The fourth-order valence-corrected chi connectivity index (χ4v) is 3.53. The minimum Gasteiger partial charge on any atom is -0.468 e.